The molecule has 0 aliphatic heterocycles. The molecule has 0 spiro atoms. The van der Waals surface area contributed by atoms with Crippen LogP contribution in [0.3, 0.4) is 0 Å². The maximum absolute atomic E-state index is 10.0. The third-order valence-corrected chi connectivity index (χ3v) is 4.55. The highest BCUT2D eigenvalue weighted by atomic mass is 35.5. The molecule has 0 heterocycles. The molecule has 0 fully saturated rings. The van der Waals surface area contributed by atoms with E-state index in [1.807, 2.05) is 37.3 Å². The fourth-order valence-electron chi connectivity index (χ4n) is 2.69. The summed E-state index contributed by atoms with van der Waals surface area (Å²) in [4.78, 5) is 0. The summed E-state index contributed by atoms with van der Waals surface area (Å²) in [6.45, 7) is 2.31. The summed E-state index contributed by atoms with van der Waals surface area (Å²) in [6, 6.07) is 13.3. The Morgan fingerprint density at radius 3 is 2.48 bits per heavy atom. The van der Waals surface area contributed by atoms with Gasteiger partial charge >= 0.3 is 0 Å². The van der Waals surface area contributed by atoms with Crippen molar-refractivity contribution in [3.8, 4) is 0 Å². The minimum atomic E-state index is -0.556. The number of hydrogen-bond acceptors (Lipinski definition) is 2. The van der Waals surface area contributed by atoms with Crippen LogP contribution in [0.5, 0.6) is 0 Å². The van der Waals surface area contributed by atoms with Crippen LogP contribution in [0.1, 0.15) is 16.7 Å². The van der Waals surface area contributed by atoms with Gasteiger partial charge in [-0.2, -0.15) is 0 Å². The fraction of sp³-hybridized carbons (Fsp3) is 0.294. The smallest absolute Gasteiger partial charge is 0.0543 e. The molecule has 0 bridgehead atoms. The van der Waals surface area contributed by atoms with E-state index in [9.17, 15) is 5.11 Å². The molecule has 112 valence electrons. The molecule has 3 N–H and O–H groups in total. The molecule has 2 rings (SSSR count). The lowest BCUT2D eigenvalue weighted by Crippen LogP contribution is -2.41. The average Bonchev–Trinajstić information content (AvgIpc) is 2.49. The second kappa shape index (κ2) is 6.80. The first-order chi connectivity index (χ1) is 10.0. The first-order valence-electron chi connectivity index (χ1n) is 6.83. The Labute approximate surface area is 135 Å². The molecule has 2 aromatic rings. The molecule has 2 aromatic carbocycles. The Kier molecular flexibility index (Phi) is 5.28. The van der Waals surface area contributed by atoms with Crippen LogP contribution in [0.2, 0.25) is 10.0 Å². The molecule has 0 aliphatic carbocycles. The summed E-state index contributed by atoms with van der Waals surface area (Å²) in [5, 5.41) is 11.3. The van der Waals surface area contributed by atoms with Crippen LogP contribution >= 0.6 is 23.2 Å². The van der Waals surface area contributed by atoms with E-state index in [0.717, 1.165) is 16.7 Å². The van der Waals surface area contributed by atoms with Crippen LogP contribution < -0.4 is 5.73 Å². The highest BCUT2D eigenvalue weighted by Crippen LogP contribution is 2.33. The molecule has 0 aliphatic rings. The van der Waals surface area contributed by atoms with E-state index in [0.29, 0.717) is 23.0 Å². The maximum Gasteiger partial charge on any atom is 0.0543 e. The van der Waals surface area contributed by atoms with Crippen molar-refractivity contribution >= 4 is 23.2 Å². The van der Waals surface area contributed by atoms with E-state index in [2.05, 4.69) is 0 Å². The topological polar surface area (TPSA) is 46.2 Å². The van der Waals surface area contributed by atoms with Crippen molar-refractivity contribution in [1.82, 2.24) is 0 Å². The summed E-state index contributed by atoms with van der Waals surface area (Å²) >= 11 is 12.3. The molecule has 1 unspecified atom stereocenters. The molecule has 0 saturated heterocycles. The van der Waals surface area contributed by atoms with E-state index >= 15 is 0 Å². The Morgan fingerprint density at radius 2 is 1.86 bits per heavy atom. The van der Waals surface area contributed by atoms with Gasteiger partial charge in [-0.15, -0.1) is 0 Å². The van der Waals surface area contributed by atoms with Gasteiger partial charge in [0.05, 0.1) is 6.61 Å². The monoisotopic (exact) mass is 323 g/mol. The summed E-state index contributed by atoms with van der Waals surface area (Å²) in [7, 11) is 0. The van der Waals surface area contributed by atoms with E-state index in [-0.39, 0.29) is 6.61 Å². The van der Waals surface area contributed by atoms with Crippen molar-refractivity contribution in [3.05, 3.63) is 69.2 Å². The van der Waals surface area contributed by atoms with Gasteiger partial charge in [-0.25, -0.2) is 0 Å². The van der Waals surface area contributed by atoms with Gasteiger partial charge in [0.15, 0.2) is 0 Å². The van der Waals surface area contributed by atoms with Gasteiger partial charge in [0, 0.05) is 22.0 Å². The Morgan fingerprint density at radius 1 is 1.14 bits per heavy atom. The minimum absolute atomic E-state index is 0.0444. The summed E-state index contributed by atoms with van der Waals surface area (Å²) in [6.07, 6.45) is 0.546. The Balaban J connectivity index is 2.48. The molecular formula is C17H19Cl2NO. The van der Waals surface area contributed by atoms with E-state index < -0.39 is 5.41 Å². The molecule has 0 radical (unpaired) electrons. The van der Waals surface area contributed by atoms with Gasteiger partial charge in [0.1, 0.15) is 0 Å². The van der Waals surface area contributed by atoms with E-state index in [4.69, 9.17) is 28.9 Å². The van der Waals surface area contributed by atoms with Crippen LogP contribution in [-0.2, 0) is 11.8 Å². The SMILES string of the molecule is Cc1ccccc1C(CN)(CO)Cc1cc(Cl)ccc1Cl. The number of aryl methyl sites for hydroxylation is 1. The van der Waals surface area contributed by atoms with Crippen LogP contribution in [0.4, 0.5) is 0 Å². The third-order valence-electron chi connectivity index (χ3n) is 3.95. The Bertz CT molecular complexity index is 624. The number of aliphatic hydroxyl groups excluding tert-OH is 1. The van der Waals surface area contributed by atoms with Crippen LogP contribution in [0, 0.1) is 6.92 Å². The average molecular weight is 324 g/mol. The molecule has 21 heavy (non-hydrogen) atoms. The minimum Gasteiger partial charge on any atom is -0.395 e. The fourth-order valence-corrected chi connectivity index (χ4v) is 3.07. The number of benzene rings is 2. The zero-order chi connectivity index (χ0) is 15.5. The summed E-state index contributed by atoms with van der Waals surface area (Å²) in [5.41, 5.74) is 8.51. The third kappa shape index (κ3) is 3.41. The lowest BCUT2D eigenvalue weighted by molar-refractivity contribution is 0.195. The molecule has 2 nitrogen and oxygen atoms in total. The van der Waals surface area contributed by atoms with Crippen molar-refractivity contribution in [1.29, 1.82) is 0 Å². The van der Waals surface area contributed by atoms with Gasteiger partial charge in [-0.1, -0.05) is 47.5 Å². The second-order valence-corrected chi connectivity index (χ2v) is 6.21. The lowest BCUT2D eigenvalue weighted by atomic mass is 9.74. The van der Waals surface area contributed by atoms with Crippen molar-refractivity contribution < 1.29 is 5.11 Å². The number of aliphatic hydroxyl groups is 1. The van der Waals surface area contributed by atoms with Crippen molar-refractivity contribution in [2.24, 2.45) is 5.73 Å². The molecule has 0 aromatic heterocycles. The van der Waals surface area contributed by atoms with Gasteiger partial charge < -0.3 is 10.8 Å². The van der Waals surface area contributed by atoms with Gasteiger partial charge in [0.25, 0.3) is 0 Å². The van der Waals surface area contributed by atoms with Crippen LogP contribution in [0.25, 0.3) is 0 Å². The first kappa shape index (κ1) is 16.3. The number of nitrogens with two attached hydrogens (primary N) is 1. The predicted octanol–water partition coefficient (Wildman–Crippen LogP) is 3.73. The zero-order valence-electron chi connectivity index (χ0n) is 11.9. The van der Waals surface area contributed by atoms with E-state index in [1.165, 1.54) is 0 Å². The second-order valence-electron chi connectivity index (χ2n) is 5.37. The standard InChI is InChI=1S/C17H19Cl2NO/c1-12-4-2-3-5-15(12)17(10-20,11-21)9-13-8-14(18)6-7-16(13)19/h2-8,21H,9-11,20H2,1H3. The number of halogens is 2. The molecule has 1 atom stereocenters. The first-order valence-corrected chi connectivity index (χ1v) is 7.59. The van der Waals surface area contributed by atoms with Crippen LogP contribution in [-0.4, -0.2) is 18.3 Å². The van der Waals surface area contributed by atoms with E-state index in [1.54, 1.807) is 12.1 Å². The van der Waals surface area contributed by atoms with Gasteiger partial charge in [0.2, 0.25) is 0 Å². The van der Waals surface area contributed by atoms with Gasteiger partial charge in [-0.3, -0.25) is 0 Å². The lowest BCUT2D eigenvalue weighted by Gasteiger charge is -2.33. The van der Waals surface area contributed by atoms with Crippen molar-refractivity contribution in [2.75, 3.05) is 13.2 Å². The quantitative estimate of drug-likeness (QED) is 0.880. The zero-order valence-corrected chi connectivity index (χ0v) is 13.5. The summed E-state index contributed by atoms with van der Waals surface area (Å²) < 4.78 is 0. The van der Waals surface area contributed by atoms with Gasteiger partial charge in [-0.05, 0) is 48.2 Å². The maximum atomic E-state index is 10.0. The number of rotatable bonds is 5. The molecule has 4 heteroatoms. The van der Waals surface area contributed by atoms with Crippen molar-refractivity contribution in [3.63, 3.8) is 0 Å². The highest BCUT2D eigenvalue weighted by molar-refractivity contribution is 6.33. The number of hydrogen-bond donors (Lipinski definition) is 2. The molecular weight excluding hydrogens is 305 g/mol. The molecule has 0 saturated carbocycles. The summed E-state index contributed by atoms with van der Waals surface area (Å²) in [5.74, 6) is 0. The Hall–Kier alpha value is -1.06. The highest BCUT2D eigenvalue weighted by Gasteiger charge is 2.32. The predicted molar refractivity (Wildman–Crippen MR) is 89.2 cm³/mol. The largest absolute Gasteiger partial charge is 0.395 e. The van der Waals surface area contributed by atoms with Crippen LogP contribution in [0.15, 0.2) is 42.5 Å². The van der Waals surface area contributed by atoms with Crippen molar-refractivity contribution in [2.45, 2.75) is 18.8 Å². The molecule has 0 amide bonds. The normalized spacial score (nSPS) is 14.0.